The highest BCUT2D eigenvalue weighted by atomic mass is 16.5. The largest absolute Gasteiger partial charge is 0.369 e. The number of likely N-dealkylation sites (tertiary alicyclic amines) is 2. The van der Waals surface area contributed by atoms with Crippen LogP contribution in [0.3, 0.4) is 0 Å². The minimum absolute atomic E-state index is 0.0159. The lowest BCUT2D eigenvalue weighted by Gasteiger charge is -2.53. The Balaban J connectivity index is 1.93. The Morgan fingerprint density at radius 2 is 1.82 bits per heavy atom. The normalized spacial score (nSPS) is 26.6. The number of hydrogen-bond acceptors (Lipinski definition) is 3. The number of amides is 3. The summed E-state index contributed by atoms with van der Waals surface area (Å²) in [6.07, 6.45) is 1.54. The summed E-state index contributed by atoms with van der Waals surface area (Å²) in [5.74, 6) is 0.510. The molecule has 2 rings (SSSR count). The van der Waals surface area contributed by atoms with Gasteiger partial charge in [0.2, 0.25) is 0 Å². The second-order valence-corrected chi connectivity index (χ2v) is 6.91. The van der Waals surface area contributed by atoms with Crippen molar-refractivity contribution in [1.82, 2.24) is 15.1 Å². The molecule has 22 heavy (non-hydrogen) atoms. The van der Waals surface area contributed by atoms with Gasteiger partial charge < -0.3 is 19.9 Å². The summed E-state index contributed by atoms with van der Waals surface area (Å²) in [5.41, 5.74) is 0. The monoisotopic (exact) mass is 311 g/mol. The van der Waals surface area contributed by atoms with E-state index in [0.717, 1.165) is 25.9 Å². The Kier molecular flexibility index (Phi) is 5.32. The van der Waals surface area contributed by atoms with Crippen molar-refractivity contribution in [2.45, 2.75) is 64.8 Å². The van der Waals surface area contributed by atoms with E-state index < -0.39 is 0 Å². The topological polar surface area (TPSA) is 61.9 Å². The average molecular weight is 311 g/mol. The van der Waals surface area contributed by atoms with Crippen molar-refractivity contribution in [3.8, 4) is 0 Å². The lowest BCUT2D eigenvalue weighted by molar-refractivity contribution is -0.181. The number of rotatable bonds is 4. The maximum absolute atomic E-state index is 12.1. The minimum Gasteiger partial charge on any atom is -0.369 e. The van der Waals surface area contributed by atoms with Crippen LogP contribution in [-0.2, 0) is 9.53 Å². The van der Waals surface area contributed by atoms with E-state index in [4.69, 9.17) is 4.74 Å². The molecule has 3 amide bonds. The van der Waals surface area contributed by atoms with E-state index >= 15 is 0 Å². The molecule has 0 aliphatic carbocycles. The van der Waals surface area contributed by atoms with Gasteiger partial charge in [0.15, 0.2) is 6.10 Å². The van der Waals surface area contributed by atoms with Gasteiger partial charge in [0.25, 0.3) is 5.91 Å². The second kappa shape index (κ2) is 6.86. The van der Waals surface area contributed by atoms with Crippen LogP contribution >= 0.6 is 0 Å². The summed E-state index contributed by atoms with van der Waals surface area (Å²) in [7, 11) is 1.61. The summed E-state index contributed by atoms with van der Waals surface area (Å²) < 4.78 is 5.39. The van der Waals surface area contributed by atoms with Crippen LogP contribution < -0.4 is 5.32 Å². The molecule has 1 N–H and O–H groups in total. The van der Waals surface area contributed by atoms with Crippen molar-refractivity contribution in [3.63, 3.8) is 0 Å². The van der Waals surface area contributed by atoms with E-state index in [1.54, 1.807) is 7.11 Å². The third-order valence-electron chi connectivity index (χ3n) is 4.66. The van der Waals surface area contributed by atoms with Crippen molar-refractivity contribution in [1.29, 1.82) is 0 Å². The van der Waals surface area contributed by atoms with Gasteiger partial charge in [0.05, 0.1) is 6.04 Å². The first-order chi connectivity index (χ1) is 10.4. The van der Waals surface area contributed by atoms with Crippen LogP contribution in [0.15, 0.2) is 0 Å². The standard InChI is InChI=1S/C16H29N3O3/c1-10(2)17-16(21)18-8-6-12(7-9-18)13-14(22-5)15(20)19(13)11(3)4/h10-14H,6-9H2,1-5H3,(H,17,21)/t13-,14+/m0/s1. The molecule has 2 heterocycles. The molecule has 2 saturated heterocycles. The maximum Gasteiger partial charge on any atom is 0.317 e. The van der Waals surface area contributed by atoms with Gasteiger partial charge in [-0.15, -0.1) is 0 Å². The third-order valence-corrected chi connectivity index (χ3v) is 4.66. The number of hydrogen-bond donors (Lipinski definition) is 1. The van der Waals surface area contributed by atoms with Gasteiger partial charge in [-0.25, -0.2) is 4.79 Å². The van der Waals surface area contributed by atoms with Crippen LogP contribution in [0, 0.1) is 5.92 Å². The molecule has 2 atom stereocenters. The van der Waals surface area contributed by atoms with E-state index in [9.17, 15) is 9.59 Å². The molecule has 2 fully saturated rings. The zero-order chi connectivity index (χ0) is 16.4. The quantitative estimate of drug-likeness (QED) is 0.799. The number of piperidine rings is 1. The molecule has 126 valence electrons. The van der Waals surface area contributed by atoms with Gasteiger partial charge >= 0.3 is 6.03 Å². The Bertz CT molecular complexity index is 417. The zero-order valence-corrected chi connectivity index (χ0v) is 14.3. The first-order valence-electron chi connectivity index (χ1n) is 8.27. The number of nitrogens with one attached hydrogen (secondary N) is 1. The molecular weight excluding hydrogens is 282 g/mol. The molecule has 0 aromatic heterocycles. The van der Waals surface area contributed by atoms with Crippen molar-refractivity contribution >= 4 is 11.9 Å². The smallest absolute Gasteiger partial charge is 0.317 e. The number of methoxy groups -OCH3 is 1. The van der Waals surface area contributed by atoms with Crippen molar-refractivity contribution in [2.75, 3.05) is 20.2 Å². The molecule has 0 spiro atoms. The molecule has 2 aliphatic heterocycles. The zero-order valence-electron chi connectivity index (χ0n) is 14.3. The third kappa shape index (κ3) is 3.21. The molecule has 6 heteroatoms. The van der Waals surface area contributed by atoms with E-state index in [2.05, 4.69) is 5.32 Å². The SMILES string of the molecule is CO[C@H]1C(=O)N(C(C)C)[C@H]1C1CCN(C(=O)NC(C)C)CC1. The predicted octanol–water partition coefficient (Wildman–Crippen LogP) is 1.45. The van der Waals surface area contributed by atoms with Gasteiger partial charge in [-0.1, -0.05) is 0 Å². The Morgan fingerprint density at radius 3 is 2.27 bits per heavy atom. The predicted molar refractivity (Wildman–Crippen MR) is 84.5 cm³/mol. The second-order valence-electron chi connectivity index (χ2n) is 6.91. The van der Waals surface area contributed by atoms with E-state index in [1.807, 2.05) is 37.5 Å². The average Bonchev–Trinajstić information content (AvgIpc) is 2.44. The van der Waals surface area contributed by atoms with Crippen LogP contribution in [0.5, 0.6) is 0 Å². The number of carbonyl (C=O) groups is 2. The van der Waals surface area contributed by atoms with E-state index in [0.29, 0.717) is 5.92 Å². The van der Waals surface area contributed by atoms with Crippen LogP contribution in [0.1, 0.15) is 40.5 Å². The molecule has 6 nitrogen and oxygen atoms in total. The molecule has 0 bridgehead atoms. The summed E-state index contributed by atoms with van der Waals surface area (Å²) in [6.45, 7) is 9.51. The van der Waals surface area contributed by atoms with Gasteiger partial charge in [0, 0.05) is 32.3 Å². The van der Waals surface area contributed by atoms with Crippen molar-refractivity contribution in [3.05, 3.63) is 0 Å². The number of β-lactam (4-membered cyclic amide) rings is 1. The Labute approximate surface area is 133 Å². The fourth-order valence-electron chi connectivity index (χ4n) is 3.60. The van der Waals surface area contributed by atoms with Crippen molar-refractivity contribution in [2.24, 2.45) is 5.92 Å². The van der Waals surface area contributed by atoms with Gasteiger partial charge in [0.1, 0.15) is 0 Å². The minimum atomic E-state index is -0.302. The van der Waals surface area contributed by atoms with Gasteiger partial charge in [-0.05, 0) is 46.5 Å². The number of nitrogens with zero attached hydrogens (tertiary/aromatic N) is 2. The fraction of sp³-hybridized carbons (Fsp3) is 0.875. The molecule has 0 radical (unpaired) electrons. The highest BCUT2D eigenvalue weighted by Crippen LogP contribution is 2.36. The number of ether oxygens (including phenoxy) is 1. The van der Waals surface area contributed by atoms with E-state index in [-0.39, 0.29) is 36.2 Å². The van der Waals surface area contributed by atoms with Crippen LogP contribution in [-0.4, -0.2) is 66.2 Å². The van der Waals surface area contributed by atoms with E-state index in [1.165, 1.54) is 0 Å². The molecular formula is C16H29N3O3. The lowest BCUT2D eigenvalue weighted by atomic mass is 9.79. The summed E-state index contributed by atoms with van der Waals surface area (Å²) >= 11 is 0. The summed E-state index contributed by atoms with van der Waals surface area (Å²) in [6, 6.07) is 0.532. The Hall–Kier alpha value is -1.30. The maximum atomic E-state index is 12.1. The fourth-order valence-corrected chi connectivity index (χ4v) is 3.60. The summed E-state index contributed by atoms with van der Waals surface area (Å²) in [5, 5.41) is 2.94. The highest BCUT2D eigenvalue weighted by Gasteiger charge is 2.52. The van der Waals surface area contributed by atoms with Gasteiger partial charge in [-0.3, -0.25) is 4.79 Å². The molecule has 0 aromatic rings. The summed E-state index contributed by atoms with van der Waals surface area (Å²) in [4.78, 5) is 28.0. The van der Waals surface area contributed by atoms with Crippen LogP contribution in [0.2, 0.25) is 0 Å². The lowest BCUT2D eigenvalue weighted by Crippen LogP contribution is -2.70. The molecule has 0 saturated carbocycles. The molecule has 0 unspecified atom stereocenters. The first-order valence-corrected chi connectivity index (χ1v) is 8.27. The van der Waals surface area contributed by atoms with Crippen LogP contribution in [0.25, 0.3) is 0 Å². The molecule has 2 aliphatic rings. The number of urea groups is 1. The molecule has 0 aromatic carbocycles. The highest BCUT2D eigenvalue weighted by molar-refractivity contribution is 5.88. The number of carbonyl (C=O) groups excluding carboxylic acids is 2. The van der Waals surface area contributed by atoms with Crippen LogP contribution in [0.4, 0.5) is 4.79 Å². The van der Waals surface area contributed by atoms with Gasteiger partial charge in [-0.2, -0.15) is 0 Å². The van der Waals surface area contributed by atoms with Crippen molar-refractivity contribution < 1.29 is 14.3 Å². The Morgan fingerprint density at radius 1 is 1.23 bits per heavy atom. The first kappa shape index (κ1) is 17.1.